The van der Waals surface area contributed by atoms with Crippen molar-refractivity contribution in [3.63, 3.8) is 0 Å². The van der Waals surface area contributed by atoms with E-state index >= 15 is 0 Å². The first-order chi connectivity index (χ1) is 8.69. The zero-order valence-corrected chi connectivity index (χ0v) is 10.5. The van der Waals surface area contributed by atoms with Gasteiger partial charge in [0.25, 0.3) is 5.91 Å². The van der Waals surface area contributed by atoms with Gasteiger partial charge in [-0.15, -0.1) is 12.8 Å². The summed E-state index contributed by atoms with van der Waals surface area (Å²) in [7, 11) is 0. The van der Waals surface area contributed by atoms with Crippen molar-refractivity contribution < 1.29 is 9.18 Å². The summed E-state index contributed by atoms with van der Waals surface area (Å²) >= 11 is 0. The van der Waals surface area contributed by atoms with Crippen LogP contribution >= 0.6 is 0 Å². The molecule has 96 valence electrons. The topological polar surface area (TPSA) is 20.3 Å². The molecule has 0 aromatic carbocycles. The van der Waals surface area contributed by atoms with Crippen molar-refractivity contribution in [3.8, 4) is 24.7 Å². The van der Waals surface area contributed by atoms with Gasteiger partial charge in [-0.25, -0.2) is 4.39 Å². The average Bonchev–Trinajstić information content (AvgIpc) is 2.39. The first kappa shape index (κ1) is 14.3. The van der Waals surface area contributed by atoms with Crippen molar-refractivity contribution in [1.82, 2.24) is 4.90 Å². The predicted octanol–water partition coefficient (Wildman–Crippen LogP) is 2.52. The lowest BCUT2D eigenvalue weighted by molar-refractivity contribution is -0.127. The zero-order valence-electron chi connectivity index (χ0n) is 10.5. The number of amides is 1. The average molecular weight is 247 g/mol. The van der Waals surface area contributed by atoms with Crippen molar-refractivity contribution in [1.29, 1.82) is 0 Å². The quantitative estimate of drug-likeness (QED) is 0.552. The van der Waals surface area contributed by atoms with Gasteiger partial charge in [0.05, 0.1) is 13.1 Å². The van der Waals surface area contributed by atoms with Crippen LogP contribution in [0.4, 0.5) is 4.39 Å². The van der Waals surface area contributed by atoms with E-state index in [4.69, 9.17) is 12.8 Å². The second-order valence-corrected chi connectivity index (χ2v) is 4.48. The van der Waals surface area contributed by atoms with Crippen LogP contribution in [0, 0.1) is 30.6 Å². The van der Waals surface area contributed by atoms with E-state index in [1.807, 2.05) is 0 Å². The van der Waals surface area contributed by atoms with E-state index in [1.54, 1.807) is 0 Å². The van der Waals surface area contributed by atoms with Crippen LogP contribution < -0.4 is 0 Å². The first-order valence-electron chi connectivity index (χ1n) is 6.22. The second-order valence-electron chi connectivity index (χ2n) is 4.48. The highest BCUT2D eigenvalue weighted by Crippen LogP contribution is 2.26. The molecule has 0 aromatic heterocycles. The number of allylic oxidation sites excluding steroid dienone is 1. The molecule has 0 radical (unpaired) electrons. The maximum Gasteiger partial charge on any atom is 0.283 e. The second kappa shape index (κ2) is 7.56. The zero-order chi connectivity index (χ0) is 13.4. The fraction of sp³-hybridized carbons (Fsp3) is 0.533. The van der Waals surface area contributed by atoms with Gasteiger partial charge in [0.1, 0.15) is 0 Å². The number of carbonyl (C=O) groups is 1. The van der Waals surface area contributed by atoms with Gasteiger partial charge in [-0.1, -0.05) is 31.1 Å². The summed E-state index contributed by atoms with van der Waals surface area (Å²) in [5.41, 5.74) is 0. The molecule has 0 atom stereocenters. The molecule has 0 bridgehead atoms. The molecule has 1 aliphatic carbocycles. The molecule has 1 saturated carbocycles. The molecule has 0 unspecified atom stereocenters. The maximum absolute atomic E-state index is 13.8. The normalized spacial score (nSPS) is 16.7. The molecule has 0 aliphatic heterocycles. The fourth-order valence-electron chi connectivity index (χ4n) is 2.15. The smallest absolute Gasteiger partial charge is 0.283 e. The lowest BCUT2D eigenvalue weighted by Gasteiger charge is -2.20. The van der Waals surface area contributed by atoms with Crippen LogP contribution in [0.2, 0.25) is 0 Å². The van der Waals surface area contributed by atoms with Crippen molar-refractivity contribution in [3.05, 3.63) is 11.9 Å². The highest BCUT2D eigenvalue weighted by atomic mass is 19.1. The third kappa shape index (κ3) is 4.26. The third-order valence-corrected chi connectivity index (χ3v) is 3.09. The Morgan fingerprint density at radius 2 is 1.78 bits per heavy atom. The number of terminal acetylenes is 2. The predicted molar refractivity (Wildman–Crippen MR) is 70.0 cm³/mol. The van der Waals surface area contributed by atoms with Gasteiger partial charge >= 0.3 is 0 Å². The summed E-state index contributed by atoms with van der Waals surface area (Å²) in [6, 6.07) is 0. The summed E-state index contributed by atoms with van der Waals surface area (Å²) in [6.45, 7) is 0.0733. The standard InChI is InChI=1S/C15H18FNO/c1-3-10-17(11-4-2)15(18)14(16)12-13-8-6-5-7-9-13/h1-2,12-13H,5-11H2/b14-12-. The summed E-state index contributed by atoms with van der Waals surface area (Å²) in [4.78, 5) is 12.9. The lowest BCUT2D eigenvalue weighted by atomic mass is 9.89. The lowest BCUT2D eigenvalue weighted by Crippen LogP contribution is -2.32. The minimum atomic E-state index is -0.729. The fourth-order valence-corrected chi connectivity index (χ4v) is 2.15. The monoisotopic (exact) mass is 247 g/mol. The summed E-state index contributed by atoms with van der Waals surface area (Å²) in [5, 5.41) is 0. The van der Waals surface area contributed by atoms with E-state index in [2.05, 4.69) is 11.8 Å². The van der Waals surface area contributed by atoms with E-state index in [-0.39, 0.29) is 19.0 Å². The van der Waals surface area contributed by atoms with E-state index < -0.39 is 11.7 Å². The maximum atomic E-state index is 13.8. The Balaban J connectivity index is 2.65. The Kier molecular flexibility index (Phi) is 6.01. The van der Waals surface area contributed by atoms with Gasteiger partial charge in [-0.2, -0.15) is 0 Å². The number of nitrogens with zero attached hydrogens (tertiary/aromatic N) is 1. The Hall–Kier alpha value is -1.74. The molecule has 1 rings (SSSR count). The Labute approximate surface area is 108 Å². The minimum Gasteiger partial charge on any atom is -0.314 e. The van der Waals surface area contributed by atoms with E-state index in [0.717, 1.165) is 30.6 Å². The number of halogens is 1. The number of rotatable bonds is 4. The molecule has 1 aliphatic rings. The molecule has 0 heterocycles. The molecule has 0 aromatic rings. The van der Waals surface area contributed by atoms with Gasteiger partial charge in [0, 0.05) is 0 Å². The highest BCUT2D eigenvalue weighted by Gasteiger charge is 2.19. The van der Waals surface area contributed by atoms with Gasteiger partial charge in [0.15, 0.2) is 5.83 Å². The number of hydrogen-bond acceptors (Lipinski definition) is 1. The van der Waals surface area contributed by atoms with Crippen LogP contribution in [0.3, 0.4) is 0 Å². The number of hydrogen-bond donors (Lipinski definition) is 0. The first-order valence-corrected chi connectivity index (χ1v) is 6.22. The van der Waals surface area contributed by atoms with E-state index in [1.165, 1.54) is 12.5 Å². The highest BCUT2D eigenvalue weighted by molar-refractivity contribution is 5.91. The largest absolute Gasteiger partial charge is 0.314 e. The SMILES string of the molecule is C#CCN(CC#C)C(=O)/C(F)=C/C1CCCCC1. The van der Waals surface area contributed by atoms with Gasteiger partial charge < -0.3 is 4.90 Å². The Morgan fingerprint density at radius 3 is 2.28 bits per heavy atom. The van der Waals surface area contributed by atoms with E-state index in [9.17, 15) is 9.18 Å². The van der Waals surface area contributed by atoms with Crippen molar-refractivity contribution in [2.75, 3.05) is 13.1 Å². The van der Waals surface area contributed by atoms with E-state index in [0.29, 0.717) is 0 Å². The molecule has 0 saturated heterocycles. The molecule has 1 fully saturated rings. The minimum absolute atomic E-state index is 0.0367. The Bertz CT molecular complexity index is 378. The van der Waals surface area contributed by atoms with Crippen molar-refractivity contribution >= 4 is 5.91 Å². The molecule has 0 spiro atoms. The summed E-state index contributed by atoms with van der Waals surface area (Å²) in [6.07, 6.45) is 17.0. The molecular weight excluding hydrogens is 229 g/mol. The van der Waals surface area contributed by atoms with Crippen molar-refractivity contribution in [2.45, 2.75) is 32.1 Å². The van der Waals surface area contributed by atoms with Crippen LogP contribution in [-0.2, 0) is 4.79 Å². The molecular formula is C15H18FNO. The van der Waals surface area contributed by atoms with Crippen LogP contribution in [0.15, 0.2) is 11.9 Å². The molecule has 0 N–H and O–H groups in total. The summed E-state index contributed by atoms with van der Waals surface area (Å²) < 4.78 is 13.8. The van der Waals surface area contributed by atoms with Crippen molar-refractivity contribution in [2.24, 2.45) is 5.92 Å². The molecule has 1 amide bonds. The molecule has 3 heteroatoms. The number of carbonyl (C=O) groups excluding carboxylic acids is 1. The molecule has 2 nitrogen and oxygen atoms in total. The van der Waals surface area contributed by atoms with Gasteiger partial charge in [-0.05, 0) is 24.8 Å². The Morgan fingerprint density at radius 1 is 1.22 bits per heavy atom. The van der Waals surface area contributed by atoms with Crippen LogP contribution in [0.25, 0.3) is 0 Å². The van der Waals surface area contributed by atoms with Crippen LogP contribution in [0.1, 0.15) is 32.1 Å². The molecule has 18 heavy (non-hydrogen) atoms. The third-order valence-electron chi connectivity index (χ3n) is 3.09. The van der Waals surface area contributed by atoms with Gasteiger partial charge in [-0.3, -0.25) is 4.79 Å². The van der Waals surface area contributed by atoms with Gasteiger partial charge in [0.2, 0.25) is 0 Å². The van der Waals surface area contributed by atoms with Crippen LogP contribution in [-0.4, -0.2) is 23.9 Å². The van der Waals surface area contributed by atoms with Crippen LogP contribution in [0.5, 0.6) is 0 Å². The summed E-state index contributed by atoms with van der Waals surface area (Å²) in [5.74, 6) is 3.36.